The van der Waals surface area contributed by atoms with Crippen LogP contribution in [0.15, 0.2) is 36.4 Å². The SMILES string of the molecule is CCc1ccccc1CNC(=O)c1cc(C)nc(NC)c1. The molecule has 4 nitrogen and oxygen atoms in total. The highest BCUT2D eigenvalue weighted by Crippen LogP contribution is 2.12. The number of anilines is 1. The summed E-state index contributed by atoms with van der Waals surface area (Å²) >= 11 is 0. The molecule has 0 spiro atoms. The molecule has 0 aliphatic rings. The number of rotatable bonds is 5. The van der Waals surface area contributed by atoms with Crippen LogP contribution in [0, 0.1) is 6.92 Å². The average Bonchev–Trinajstić information content (AvgIpc) is 2.52. The van der Waals surface area contributed by atoms with E-state index in [4.69, 9.17) is 0 Å². The molecule has 0 saturated carbocycles. The highest BCUT2D eigenvalue weighted by molar-refractivity contribution is 5.94. The Hall–Kier alpha value is -2.36. The van der Waals surface area contributed by atoms with Gasteiger partial charge in [-0.2, -0.15) is 0 Å². The molecule has 1 aromatic heterocycles. The molecule has 0 radical (unpaired) electrons. The third kappa shape index (κ3) is 3.81. The zero-order valence-electron chi connectivity index (χ0n) is 12.7. The minimum atomic E-state index is -0.0806. The lowest BCUT2D eigenvalue weighted by Crippen LogP contribution is -2.23. The van der Waals surface area contributed by atoms with Gasteiger partial charge in [0, 0.05) is 24.8 Å². The lowest BCUT2D eigenvalue weighted by Gasteiger charge is -2.10. The van der Waals surface area contributed by atoms with Crippen molar-refractivity contribution in [3.63, 3.8) is 0 Å². The maximum atomic E-state index is 12.3. The lowest BCUT2D eigenvalue weighted by molar-refractivity contribution is 0.0950. The number of nitrogens with zero attached hydrogens (tertiary/aromatic N) is 1. The Balaban J connectivity index is 2.10. The van der Waals surface area contributed by atoms with Crippen molar-refractivity contribution in [3.8, 4) is 0 Å². The molecule has 2 aromatic rings. The van der Waals surface area contributed by atoms with Crippen molar-refractivity contribution in [2.75, 3.05) is 12.4 Å². The molecule has 0 atom stereocenters. The fourth-order valence-electron chi connectivity index (χ4n) is 2.28. The molecule has 1 amide bonds. The average molecular weight is 283 g/mol. The number of hydrogen-bond donors (Lipinski definition) is 2. The minimum absolute atomic E-state index is 0.0806. The van der Waals surface area contributed by atoms with Crippen LogP contribution in [-0.4, -0.2) is 17.9 Å². The van der Waals surface area contributed by atoms with Crippen LogP contribution in [-0.2, 0) is 13.0 Å². The number of benzene rings is 1. The van der Waals surface area contributed by atoms with Gasteiger partial charge in [-0.1, -0.05) is 31.2 Å². The van der Waals surface area contributed by atoms with Gasteiger partial charge in [0.25, 0.3) is 5.91 Å². The van der Waals surface area contributed by atoms with Gasteiger partial charge in [0.05, 0.1) is 0 Å². The highest BCUT2D eigenvalue weighted by atomic mass is 16.1. The predicted octanol–water partition coefficient (Wildman–Crippen LogP) is 2.92. The van der Waals surface area contributed by atoms with Gasteiger partial charge < -0.3 is 10.6 Å². The summed E-state index contributed by atoms with van der Waals surface area (Å²) in [5.74, 6) is 0.622. The topological polar surface area (TPSA) is 54.0 Å². The van der Waals surface area contributed by atoms with E-state index < -0.39 is 0 Å². The third-order valence-electron chi connectivity index (χ3n) is 3.41. The second kappa shape index (κ2) is 6.88. The molecule has 1 heterocycles. The number of carbonyl (C=O) groups is 1. The van der Waals surface area contributed by atoms with Crippen LogP contribution in [0.2, 0.25) is 0 Å². The van der Waals surface area contributed by atoms with Crippen LogP contribution in [0.1, 0.15) is 34.1 Å². The van der Waals surface area contributed by atoms with Crippen LogP contribution in [0.5, 0.6) is 0 Å². The molecule has 1 aromatic carbocycles. The number of nitrogens with one attached hydrogen (secondary N) is 2. The summed E-state index contributed by atoms with van der Waals surface area (Å²) in [4.78, 5) is 16.6. The van der Waals surface area contributed by atoms with Crippen molar-refractivity contribution in [1.82, 2.24) is 10.3 Å². The Morgan fingerprint density at radius 3 is 2.57 bits per heavy atom. The van der Waals surface area contributed by atoms with Gasteiger partial charge in [0.2, 0.25) is 0 Å². The van der Waals surface area contributed by atoms with Crippen molar-refractivity contribution in [3.05, 3.63) is 58.8 Å². The molecule has 2 N–H and O–H groups in total. The Morgan fingerprint density at radius 1 is 1.19 bits per heavy atom. The fourth-order valence-corrected chi connectivity index (χ4v) is 2.28. The van der Waals surface area contributed by atoms with E-state index in [9.17, 15) is 4.79 Å². The quantitative estimate of drug-likeness (QED) is 0.887. The summed E-state index contributed by atoms with van der Waals surface area (Å²) in [6.45, 7) is 4.54. The van der Waals surface area contributed by atoms with Gasteiger partial charge >= 0.3 is 0 Å². The van der Waals surface area contributed by atoms with E-state index in [1.807, 2.05) is 19.1 Å². The maximum Gasteiger partial charge on any atom is 0.251 e. The van der Waals surface area contributed by atoms with Crippen molar-refractivity contribution in [2.45, 2.75) is 26.8 Å². The molecule has 0 bridgehead atoms. The van der Waals surface area contributed by atoms with Gasteiger partial charge in [-0.05, 0) is 36.6 Å². The van der Waals surface area contributed by atoms with E-state index in [0.29, 0.717) is 17.9 Å². The van der Waals surface area contributed by atoms with Crippen molar-refractivity contribution in [1.29, 1.82) is 0 Å². The van der Waals surface area contributed by atoms with Crippen LogP contribution in [0.4, 0.5) is 5.82 Å². The molecule has 2 rings (SSSR count). The molecule has 110 valence electrons. The first kappa shape index (κ1) is 15.0. The zero-order chi connectivity index (χ0) is 15.2. The first-order valence-electron chi connectivity index (χ1n) is 7.15. The second-order valence-electron chi connectivity index (χ2n) is 4.94. The van der Waals surface area contributed by atoms with Crippen LogP contribution >= 0.6 is 0 Å². The standard InChI is InChI=1S/C17H21N3O/c1-4-13-7-5-6-8-14(13)11-19-17(21)15-9-12(2)20-16(10-15)18-3/h5-10H,4,11H2,1-3H3,(H,18,20)(H,19,21). The largest absolute Gasteiger partial charge is 0.373 e. The number of carbonyl (C=O) groups excluding carboxylic acids is 1. The highest BCUT2D eigenvalue weighted by Gasteiger charge is 2.09. The summed E-state index contributed by atoms with van der Waals surface area (Å²) in [5, 5.41) is 5.94. The maximum absolute atomic E-state index is 12.3. The Kier molecular flexibility index (Phi) is 4.93. The monoisotopic (exact) mass is 283 g/mol. The Bertz CT molecular complexity index is 638. The summed E-state index contributed by atoms with van der Waals surface area (Å²) in [6.07, 6.45) is 0.963. The number of aromatic nitrogens is 1. The molecule has 0 aliphatic heterocycles. The normalized spacial score (nSPS) is 10.2. The lowest BCUT2D eigenvalue weighted by atomic mass is 10.1. The second-order valence-corrected chi connectivity index (χ2v) is 4.94. The van der Waals surface area contributed by atoms with E-state index in [-0.39, 0.29) is 5.91 Å². The Morgan fingerprint density at radius 2 is 1.90 bits per heavy atom. The van der Waals surface area contributed by atoms with E-state index in [0.717, 1.165) is 17.7 Å². The zero-order valence-corrected chi connectivity index (χ0v) is 12.7. The molecule has 0 saturated heterocycles. The first-order chi connectivity index (χ1) is 10.1. The minimum Gasteiger partial charge on any atom is -0.373 e. The first-order valence-corrected chi connectivity index (χ1v) is 7.15. The molecular formula is C17H21N3O. The van der Waals surface area contributed by atoms with Crippen molar-refractivity contribution < 1.29 is 4.79 Å². The van der Waals surface area contributed by atoms with Crippen LogP contribution in [0.3, 0.4) is 0 Å². The molecule has 0 aliphatic carbocycles. The predicted molar refractivity (Wildman–Crippen MR) is 85.5 cm³/mol. The molecule has 21 heavy (non-hydrogen) atoms. The summed E-state index contributed by atoms with van der Waals surface area (Å²) in [5.41, 5.74) is 3.87. The van der Waals surface area contributed by atoms with E-state index in [2.05, 4.69) is 34.7 Å². The van der Waals surface area contributed by atoms with Gasteiger partial charge in [-0.15, -0.1) is 0 Å². The van der Waals surface area contributed by atoms with Crippen LogP contribution < -0.4 is 10.6 Å². The van der Waals surface area contributed by atoms with E-state index in [1.54, 1.807) is 19.2 Å². The van der Waals surface area contributed by atoms with Gasteiger partial charge in [0.1, 0.15) is 5.82 Å². The third-order valence-corrected chi connectivity index (χ3v) is 3.41. The van der Waals surface area contributed by atoms with E-state index >= 15 is 0 Å². The smallest absolute Gasteiger partial charge is 0.251 e. The number of aryl methyl sites for hydroxylation is 2. The Labute approximate surface area is 125 Å². The number of amides is 1. The molecule has 0 fully saturated rings. The van der Waals surface area contributed by atoms with Gasteiger partial charge in [0.15, 0.2) is 0 Å². The van der Waals surface area contributed by atoms with Crippen molar-refractivity contribution >= 4 is 11.7 Å². The van der Waals surface area contributed by atoms with Crippen molar-refractivity contribution in [2.24, 2.45) is 0 Å². The van der Waals surface area contributed by atoms with Crippen LogP contribution in [0.25, 0.3) is 0 Å². The summed E-state index contributed by atoms with van der Waals surface area (Å²) in [7, 11) is 1.79. The summed E-state index contributed by atoms with van der Waals surface area (Å²) in [6, 6.07) is 11.7. The number of pyridine rings is 1. The van der Waals surface area contributed by atoms with Gasteiger partial charge in [-0.25, -0.2) is 4.98 Å². The summed E-state index contributed by atoms with van der Waals surface area (Å²) < 4.78 is 0. The fraction of sp³-hybridized carbons (Fsp3) is 0.294. The molecule has 4 heteroatoms. The molecular weight excluding hydrogens is 262 g/mol. The molecule has 0 unspecified atom stereocenters. The number of hydrogen-bond acceptors (Lipinski definition) is 3. The van der Waals surface area contributed by atoms with E-state index in [1.165, 1.54) is 5.56 Å². The van der Waals surface area contributed by atoms with Gasteiger partial charge in [-0.3, -0.25) is 4.79 Å².